The summed E-state index contributed by atoms with van der Waals surface area (Å²) in [6.45, 7) is 0. The Labute approximate surface area is 35.0 Å². The number of aliphatic hydroxyl groups is 1. The zero-order chi connectivity index (χ0) is 4.41. The van der Waals surface area contributed by atoms with Crippen LogP contribution in [0, 0.1) is 0 Å². The van der Waals surface area contributed by atoms with Gasteiger partial charge in [0.15, 0.2) is 0 Å². The van der Waals surface area contributed by atoms with Crippen LogP contribution in [0.15, 0.2) is 17.1 Å². The van der Waals surface area contributed by atoms with Gasteiger partial charge in [-0.1, -0.05) is 0 Å². The van der Waals surface area contributed by atoms with Gasteiger partial charge in [-0.3, -0.25) is 0 Å². The zero-order valence-corrected chi connectivity index (χ0v) is 2.97. The van der Waals surface area contributed by atoms with E-state index in [1.54, 1.807) is 0 Å². The van der Waals surface area contributed by atoms with Crippen LogP contribution in [0.2, 0.25) is 0 Å². The van der Waals surface area contributed by atoms with Gasteiger partial charge in [-0.2, -0.15) is 0 Å². The third kappa shape index (κ3) is 0.307. The molecule has 3 heteroatoms. The van der Waals surface area contributed by atoms with Gasteiger partial charge in [-0.15, -0.1) is 5.32 Å². The summed E-state index contributed by atoms with van der Waals surface area (Å²) in [5.41, 5.74) is 0. The minimum Gasteiger partial charge on any atom is -0.424 e. The molecule has 0 fully saturated rings. The molecule has 3 nitrogen and oxygen atoms in total. The summed E-state index contributed by atoms with van der Waals surface area (Å²) in [4.78, 5) is 3.39. The van der Waals surface area contributed by atoms with Crippen molar-refractivity contribution in [1.29, 1.82) is 0 Å². The highest BCUT2D eigenvalue weighted by molar-refractivity contribution is 5.60. The summed E-state index contributed by atoms with van der Waals surface area (Å²) >= 11 is 0. The minimum atomic E-state index is 0.0509. The fourth-order valence-electron chi connectivity index (χ4n) is 0.215. The molecule has 0 amide bonds. The van der Waals surface area contributed by atoms with E-state index in [1.165, 1.54) is 6.20 Å². The maximum atomic E-state index is 8.32. The Bertz CT molecular complexity index is 105. The molecule has 1 heterocycles. The van der Waals surface area contributed by atoms with Crippen molar-refractivity contribution in [2.24, 2.45) is 4.99 Å². The molecule has 1 rings (SSSR count). The van der Waals surface area contributed by atoms with Crippen molar-refractivity contribution < 1.29 is 5.11 Å². The van der Waals surface area contributed by atoms with Crippen LogP contribution < -0.4 is 5.32 Å². The lowest BCUT2D eigenvalue weighted by Crippen LogP contribution is -2.03. The monoisotopic (exact) mass is 83.0 g/mol. The molecule has 1 aliphatic heterocycles. The van der Waals surface area contributed by atoms with Crippen LogP contribution in [0.25, 0.3) is 0 Å². The van der Waals surface area contributed by atoms with Gasteiger partial charge >= 0.3 is 5.88 Å². The second-order valence-electron chi connectivity index (χ2n) is 0.880. The lowest BCUT2D eigenvalue weighted by molar-refractivity contribution is 0.392. The van der Waals surface area contributed by atoms with Crippen LogP contribution >= 0.6 is 0 Å². The molecule has 0 aliphatic carbocycles. The maximum absolute atomic E-state index is 8.32. The van der Waals surface area contributed by atoms with Crippen LogP contribution in [-0.4, -0.2) is 11.4 Å². The largest absolute Gasteiger partial charge is 0.424 e. The highest BCUT2D eigenvalue weighted by Gasteiger charge is 2.04. The molecule has 0 aromatic rings. The topological polar surface area (TPSA) is 44.6 Å². The molecule has 0 radical (unpaired) electrons. The predicted molar refractivity (Wildman–Crippen MR) is 21.3 cm³/mol. The fourth-order valence-corrected chi connectivity index (χ4v) is 0.215. The standard InChI is InChI=1S/C3H2N2O/c6-3-1-4-2-5-3/h1H,(H-,4,5,6)/p+1. The van der Waals surface area contributed by atoms with Gasteiger partial charge in [0.2, 0.25) is 6.20 Å². The normalized spacial score (nSPS) is 15.7. The van der Waals surface area contributed by atoms with Gasteiger partial charge < -0.3 is 5.11 Å². The molecule has 0 spiro atoms. The summed E-state index contributed by atoms with van der Waals surface area (Å²) < 4.78 is 0. The lowest BCUT2D eigenvalue weighted by atomic mass is 10.9. The van der Waals surface area contributed by atoms with E-state index < -0.39 is 0 Å². The van der Waals surface area contributed by atoms with Crippen molar-refractivity contribution in [3.05, 3.63) is 12.1 Å². The molecule has 0 aromatic heterocycles. The maximum Gasteiger partial charge on any atom is 0.368 e. The molecule has 0 bridgehead atoms. The van der Waals surface area contributed by atoms with Crippen LogP contribution in [0.5, 0.6) is 0 Å². The highest BCUT2D eigenvalue weighted by Crippen LogP contribution is 1.84. The second kappa shape index (κ2) is 0.954. The first kappa shape index (κ1) is 3.12. The summed E-state index contributed by atoms with van der Waals surface area (Å²) in [5, 5.41) is 10.6. The van der Waals surface area contributed by atoms with Gasteiger partial charge in [0.05, 0.1) is 0 Å². The van der Waals surface area contributed by atoms with E-state index in [1.807, 2.05) is 0 Å². The number of aliphatic hydroxyl groups excluding tert-OH is 1. The van der Waals surface area contributed by atoms with Crippen molar-refractivity contribution >= 4 is 6.34 Å². The summed E-state index contributed by atoms with van der Waals surface area (Å²) in [6, 6.07) is 0. The number of nitrogens with one attached hydrogen (secondary N) is 1. The smallest absolute Gasteiger partial charge is 0.368 e. The third-order valence-corrected chi connectivity index (χ3v) is 0.435. The number of hydrogen-bond acceptors (Lipinski definition) is 3. The molecule has 0 unspecified atom stereocenters. The Morgan fingerprint density at radius 2 is 2.83 bits per heavy atom. The first-order valence-electron chi connectivity index (χ1n) is 1.49. The van der Waals surface area contributed by atoms with Crippen LogP contribution in [0.3, 0.4) is 0 Å². The molecule has 1 aliphatic rings. The summed E-state index contributed by atoms with van der Waals surface area (Å²) in [6.07, 6.45) is 3.58. The first-order valence-corrected chi connectivity index (χ1v) is 1.49. The number of nitrogens with zero attached hydrogens (tertiary/aromatic N) is 1. The Balaban J connectivity index is 2.61. The highest BCUT2D eigenvalue weighted by atomic mass is 16.3. The number of aliphatic imine (C=N–C) groups is 1. The third-order valence-electron chi connectivity index (χ3n) is 0.435. The molecule has 0 aromatic carbocycles. The molecular formula is C3H3N2O+. The first-order chi connectivity index (χ1) is 2.89. The van der Waals surface area contributed by atoms with E-state index in [-0.39, 0.29) is 5.88 Å². The van der Waals surface area contributed by atoms with Crippen LogP contribution in [-0.2, 0) is 0 Å². The van der Waals surface area contributed by atoms with Crippen molar-refractivity contribution in [2.75, 3.05) is 0 Å². The molecule has 30 valence electrons. The van der Waals surface area contributed by atoms with Crippen molar-refractivity contribution in [2.45, 2.75) is 0 Å². The average Bonchev–Trinajstić information content (AvgIpc) is 1.86. The Hall–Kier alpha value is -1.08. The van der Waals surface area contributed by atoms with E-state index in [9.17, 15) is 0 Å². The van der Waals surface area contributed by atoms with E-state index in [0.717, 1.165) is 0 Å². The zero-order valence-electron chi connectivity index (χ0n) is 2.97. The fraction of sp³-hybridized carbons (Fsp3) is 0. The van der Waals surface area contributed by atoms with Crippen LogP contribution in [0.4, 0.5) is 0 Å². The van der Waals surface area contributed by atoms with Crippen molar-refractivity contribution in [3.8, 4) is 0 Å². The average molecular weight is 83.1 g/mol. The molecule has 6 heavy (non-hydrogen) atoms. The van der Waals surface area contributed by atoms with Gasteiger partial charge in [-0.25, -0.2) is 0 Å². The number of hydrogen-bond donors (Lipinski definition) is 2. The van der Waals surface area contributed by atoms with E-state index in [4.69, 9.17) is 5.11 Å². The molecular weight excluding hydrogens is 80.0 g/mol. The Morgan fingerprint density at radius 3 is 3.00 bits per heavy atom. The van der Waals surface area contributed by atoms with E-state index in [2.05, 4.69) is 16.6 Å². The van der Waals surface area contributed by atoms with E-state index >= 15 is 0 Å². The van der Waals surface area contributed by atoms with Gasteiger partial charge in [-0.05, 0) is 4.99 Å². The summed E-state index contributed by atoms with van der Waals surface area (Å²) in [5.74, 6) is 0.0509. The Kier molecular flexibility index (Phi) is 0.496. The molecule has 0 saturated heterocycles. The van der Waals surface area contributed by atoms with Crippen molar-refractivity contribution in [3.63, 3.8) is 0 Å². The van der Waals surface area contributed by atoms with Crippen molar-refractivity contribution in [1.82, 2.24) is 5.32 Å². The second-order valence-corrected chi connectivity index (χ2v) is 0.880. The quantitative estimate of drug-likeness (QED) is 0.400. The minimum absolute atomic E-state index is 0.0509. The van der Waals surface area contributed by atoms with Gasteiger partial charge in [0.1, 0.15) is 0 Å². The predicted octanol–water partition coefficient (Wildman–Crippen LogP) is -0.148. The Morgan fingerprint density at radius 1 is 2.00 bits per heavy atom. The van der Waals surface area contributed by atoms with E-state index in [0.29, 0.717) is 0 Å². The number of rotatable bonds is 0. The molecule has 0 saturated carbocycles. The van der Waals surface area contributed by atoms with Gasteiger partial charge in [0.25, 0.3) is 6.34 Å². The summed E-state index contributed by atoms with van der Waals surface area (Å²) in [7, 11) is 0. The van der Waals surface area contributed by atoms with Crippen LogP contribution in [0.1, 0.15) is 0 Å². The van der Waals surface area contributed by atoms with Gasteiger partial charge in [0, 0.05) is 0 Å². The molecule has 2 N–H and O–H groups in total. The lowest BCUT2D eigenvalue weighted by Gasteiger charge is -1.68. The SMILES string of the molecule is OC1=CN=[C+]N1. The molecule has 0 atom stereocenters.